The molecule has 1 aromatic heterocycles. The van der Waals surface area contributed by atoms with Gasteiger partial charge in [0.1, 0.15) is 5.75 Å². The highest BCUT2D eigenvalue weighted by Crippen LogP contribution is 2.25. The lowest BCUT2D eigenvalue weighted by Gasteiger charge is -2.11. The predicted octanol–water partition coefficient (Wildman–Crippen LogP) is 3.11. The monoisotopic (exact) mass is 340 g/mol. The zero-order valence-corrected chi connectivity index (χ0v) is 12.7. The number of anilines is 1. The molecule has 2 amide bonds. The summed E-state index contributed by atoms with van der Waals surface area (Å²) in [6, 6.07) is 7.58. The Kier molecular flexibility index (Phi) is 6.04. The van der Waals surface area contributed by atoms with Gasteiger partial charge in [0.05, 0.1) is 5.69 Å². The number of hydrogen-bond donors (Lipinski definition) is 2. The van der Waals surface area contributed by atoms with Crippen molar-refractivity contribution >= 4 is 28.8 Å². The predicted molar refractivity (Wildman–Crippen MR) is 83.0 cm³/mol. The second kappa shape index (κ2) is 8.23. The third-order valence-electron chi connectivity index (χ3n) is 2.80. The van der Waals surface area contributed by atoms with E-state index < -0.39 is 12.5 Å². The highest BCUT2D eigenvalue weighted by Gasteiger charge is 2.12. The Bertz CT molecular complexity index is 663. The molecule has 0 atom stereocenters. The third kappa shape index (κ3) is 5.33. The van der Waals surface area contributed by atoms with Gasteiger partial charge in [-0.3, -0.25) is 9.59 Å². The van der Waals surface area contributed by atoms with Crippen LogP contribution in [0.2, 0.25) is 0 Å². The number of para-hydroxylation sites is 2. The van der Waals surface area contributed by atoms with Crippen molar-refractivity contribution in [3.8, 4) is 5.75 Å². The molecule has 122 valence electrons. The zero-order valence-electron chi connectivity index (χ0n) is 11.9. The Labute approximate surface area is 135 Å². The van der Waals surface area contributed by atoms with Gasteiger partial charge in [0.15, 0.2) is 0 Å². The molecular formula is C15H14F2N2O3S. The van der Waals surface area contributed by atoms with Crippen LogP contribution in [0.25, 0.3) is 0 Å². The quantitative estimate of drug-likeness (QED) is 0.814. The first-order valence-electron chi connectivity index (χ1n) is 6.70. The molecule has 1 aromatic carbocycles. The molecule has 0 radical (unpaired) electrons. The summed E-state index contributed by atoms with van der Waals surface area (Å²) in [5, 5.41) is 8.56. The van der Waals surface area contributed by atoms with Crippen LogP contribution in [0, 0.1) is 0 Å². The smallest absolute Gasteiger partial charge is 0.387 e. The minimum Gasteiger partial charge on any atom is -0.433 e. The van der Waals surface area contributed by atoms with Crippen LogP contribution in [-0.4, -0.2) is 25.0 Å². The first kappa shape index (κ1) is 16.9. The number of thiophene rings is 1. The Morgan fingerprint density at radius 1 is 1.22 bits per heavy atom. The van der Waals surface area contributed by atoms with E-state index in [1.807, 2.05) is 0 Å². The van der Waals surface area contributed by atoms with Crippen LogP contribution in [-0.2, 0) is 4.79 Å². The highest BCUT2D eigenvalue weighted by atomic mass is 32.1. The molecule has 0 spiro atoms. The molecule has 0 aliphatic heterocycles. The summed E-state index contributed by atoms with van der Waals surface area (Å²) >= 11 is 1.40. The molecule has 2 N–H and O–H groups in total. The SMILES string of the molecule is O=C(CCNC(=O)c1ccsc1)Nc1ccccc1OC(F)F. The number of nitrogens with one attached hydrogen (secondary N) is 2. The van der Waals surface area contributed by atoms with Crippen LogP contribution in [0.1, 0.15) is 16.8 Å². The molecule has 0 saturated carbocycles. The lowest BCUT2D eigenvalue weighted by atomic mass is 10.2. The fourth-order valence-electron chi connectivity index (χ4n) is 1.77. The first-order valence-corrected chi connectivity index (χ1v) is 7.64. The molecule has 1 heterocycles. The Balaban J connectivity index is 1.82. The molecule has 0 aliphatic rings. The Hall–Kier alpha value is -2.48. The van der Waals surface area contributed by atoms with Gasteiger partial charge in [-0.1, -0.05) is 12.1 Å². The van der Waals surface area contributed by atoms with Gasteiger partial charge in [0.25, 0.3) is 5.91 Å². The summed E-state index contributed by atoms with van der Waals surface area (Å²) in [4.78, 5) is 23.5. The fraction of sp³-hybridized carbons (Fsp3) is 0.200. The first-order chi connectivity index (χ1) is 11.1. The number of ether oxygens (including phenoxy) is 1. The van der Waals surface area contributed by atoms with E-state index in [0.717, 1.165) is 0 Å². The lowest BCUT2D eigenvalue weighted by Crippen LogP contribution is -2.27. The lowest BCUT2D eigenvalue weighted by molar-refractivity contribution is -0.116. The number of carbonyl (C=O) groups is 2. The van der Waals surface area contributed by atoms with E-state index in [0.29, 0.717) is 5.56 Å². The van der Waals surface area contributed by atoms with Crippen molar-refractivity contribution in [2.24, 2.45) is 0 Å². The molecule has 0 bridgehead atoms. The van der Waals surface area contributed by atoms with Crippen molar-refractivity contribution < 1.29 is 23.1 Å². The molecule has 0 unspecified atom stereocenters. The molecule has 5 nitrogen and oxygen atoms in total. The van der Waals surface area contributed by atoms with Gasteiger partial charge in [0.2, 0.25) is 5.91 Å². The van der Waals surface area contributed by atoms with Crippen LogP contribution < -0.4 is 15.4 Å². The maximum Gasteiger partial charge on any atom is 0.387 e. The molecule has 23 heavy (non-hydrogen) atoms. The summed E-state index contributed by atoms with van der Waals surface area (Å²) in [6.45, 7) is -2.84. The summed E-state index contributed by atoms with van der Waals surface area (Å²) in [5.41, 5.74) is 0.688. The second-order valence-electron chi connectivity index (χ2n) is 4.44. The van der Waals surface area contributed by atoms with Crippen LogP contribution in [0.15, 0.2) is 41.1 Å². The van der Waals surface area contributed by atoms with Gasteiger partial charge in [-0.25, -0.2) is 0 Å². The van der Waals surface area contributed by atoms with Gasteiger partial charge >= 0.3 is 6.61 Å². The van der Waals surface area contributed by atoms with Crippen LogP contribution in [0.3, 0.4) is 0 Å². The maximum atomic E-state index is 12.3. The average Bonchev–Trinajstić information content (AvgIpc) is 3.03. The number of hydrogen-bond acceptors (Lipinski definition) is 4. The number of carbonyl (C=O) groups excluding carboxylic acids is 2. The molecule has 2 aromatic rings. The molecule has 0 saturated heterocycles. The fourth-order valence-corrected chi connectivity index (χ4v) is 2.40. The van der Waals surface area contributed by atoms with Crippen LogP contribution in [0.5, 0.6) is 5.75 Å². The largest absolute Gasteiger partial charge is 0.433 e. The molecular weight excluding hydrogens is 326 g/mol. The molecule has 2 rings (SSSR count). The average molecular weight is 340 g/mol. The topological polar surface area (TPSA) is 67.4 Å². The van der Waals surface area contributed by atoms with Crippen molar-refractivity contribution in [3.63, 3.8) is 0 Å². The maximum absolute atomic E-state index is 12.3. The van der Waals surface area contributed by atoms with Crippen LogP contribution in [0.4, 0.5) is 14.5 Å². The van der Waals surface area contributed by atoms with E-state index >= 15 is 0 Å². The van der Waals surface area contributed by atoms with E-state index in [1.54, 1.807) is 22.9 Å². The van der Waals surface area contributed by atoms with Gasteiger partial charge in [-0.2, -0.15) is 20.1 Å². The normalized spacial score (nSPS) is 10.4. The molecule has 0 fully saturated rings. The van der Waals surface area contributed by atoms with Crippen LogP contribution >= 0.6 is 11.3 Å². The van der Waals surface area contributed by atoms with Crippen molar-refractivity contribution in [2.75, 3.05) is 11.9 Å². The standard InChI is InChI=1S/C15H14F2N2O3S/c16-15(17)22-12-4-2-1-3-11(12)19-13(20)5-7-18-14(21)10-6-8-23-9-10/h1-4,6,8-9,15H,5,7H2,(H,18,21)(H,19,20). The third-order valence-corrected chi connectivity index (χ3v) is 3.48. The molecule has 8 heteroatoms. The summed E-state index contributed by atoms with van der Waals surface area (Å²) in [5.74, 6) is -0.792. The second-order valence-corrected chi connectivity index (χ2v) is 5.22. The summed E-state index contributed by atoms with van der Waals surface area (Å²) in [7, 11) is 0. The van der Waals surface area contributed by atoms with Gasteiger partial charge in [0, 0.05) is 23.9 Å². The Morgan fingerprint density at radius 2 is 2.00 bits per heavy atom. The van der Waals surface area contributed by atoms with E-state index in [4.69, 9.17) is 0 Å². The number of benzene rings is 1. The highest BCUT2D eigenvalue weighted by molar-refractivity contribution is 7.08. The van der Waals surface area contributed by atoms with Crippen molar-refractivity contribution in [2.45, 2.75) is 13.0 Å². The van der Waals surface area contributed by atoms with Crippen molar-refractivity contribution in [1.29, 1.82) is 0 Å². The van der Waals surface area contributed by atoms with E-state index in [-0.39, 0.29) is 30.3 Å². The van der Waals surface area contributed by atoms with Crippen molar-refractivity contribution in [3.05, 3.63) is 46.7 Å². The van der Waals surface area contributed by atoms with Crippen molar-refractivity contribution in [1.82, 2.24) is 5.32 Å². The summed E-state index contributed by atoms with van der Waals surface area (Å²) in [6.07, 6.45) is 0.0128. The number of rotatable bonds is 7. The zero-order chi connectivity index (χ0) is 16.7. The molecule has 0 aliphatic carbocycles. The number of alkyl halides is 2. The van der Waals surface area contributed by atoms with Gasteiger partial charge < -0.3 is 15.4 Å². The minimum absolute atomic E-state index is 0.0128. The summed E-state index contributed by atoms with van der Waals surface area (Å²) < 4.78 is 28.9. The van der Waals surface area contributed by atoms with Gasteiger partial charge in [-0.15, -0.1) is 0 Å². The van der Waals surface area contributed by atoms with E-state index in [1.165, 1.54) is 29.5 Å². The van der Waals surface area contributed by atoms with Gasteiger partial charge in [-0.05, 0) is 23.6 Å². The van der Waals surface area contributed by atoms with E-state index in [9.17, 15) is 18.4 Å². The number of amides is 2. The van der Waals surface area contributed by atoms with E-state index in [2.05, 4.69) is 15.4 Å². The Morgan fingerprint density at radius 3 is 2.70 bits per heavy atom. The minimum atomic E-state index is -2.97. The number of halogens is 2.